The molecule has 0 heterocycles. The Bertz CT molecular complexity index is 57.1. The molecule has 0 aliphatic rings. The van der Waals surface area contributed by atoms with Crippen molar-refractivity contribution in [2.75, 3.05) is 39.6 Å². The Kier molecular flexibility index (Phi) is 41.2. The van der Waals surface area contributed by atoms with Gasteiger partial charge in [-0.05, 0) is 0 Å². The number of ether oxygens (including phenoxy) is 2. The van der Waals surface area contributed by atoms with Gasteiger partial charge < -0.3 is 30.6 Å². The standard InChI is InChI=1S/C6H14O4.Mg.2H2O/c7-1-3-9-5-6-10-4-2-8;;;/h7-8H,1-6H2;;2*1H2/q;+2;;/p-2. The molecule has 0 saturated heterocycles. The van der Waals surface area contributed by atoms with Crippen molar-refractivity contribution in [2.45, 2.75) is 0 Å². The van der Waals surface area contributed by atoms with E-state index in [0.29, 0.717) is 26.4 Å². The van der Waals surface area contributed by atoms with Crippen molar-refractivity contribution in [1.29, 1.82) is 0 Å². The van der Waals surface area contributed by atoms with Gasteiger partial charge in [-0.1, -0.05) is 0 Å². The Morgan fingerprint density at radius 1 is 0.692 bits per heavy atom. The van der Waals surface area contributed by atoms with E-state index in [1.165, 1.54) is 0 Å². The van der Waals surface area contributed by atoms with Crippen molar-refractivity contribution >= 4 is 23.1 Å². The van der Waals surface area contributed by atoms with Crippen LogP contribution in [0.3, 0.4) is 0 Å². The van der Waals surface area contributed by atoms with E-state index in [9.17, 15) is 0 Å². The molecular formula is C6H16MgO6. The van der Waals surface area contributed by atoms with Gasteiger partial charge in [0, 0.05) is 0 Å². The van der Waals surface area contributed by atoms with Crippen molar-refractivity contribution in [3.63, 3.8) is 0 Å². The minimum atomic E-state index is 0. The summed E-state index contributed by atoms with van der Waals surface area (Å²) in [6, 6.07) is 0. The van der Waals surface area contributed by atoms with Crippen LogP contribution in [0.1, 0.15) is 0 Å². The minimum Gasteiger partial charge on any atom is -0.870 e. The van der Waals surface area contributed by atoms with Gasteiger partial charge in [0.1, 0.15) is 0 Å². The molecule has 0 unspecified atom stereocenters. The molecule has 0 atom stereocenters. The van der Waals surface area contributed by atoms with Crippen molar-refractivity contribution in [3.05, 3.63) is 0 Å². The van der Waals surface area contributed by atoms with Gasteiger partial charge in [0.15, 0.2) is 0 Å². The molecule has 78 valence electrons. The predicted octanol–water partition coefficient (Wildman–Crippen LogP) is -1.73. The summed E-state index contributed by atoms with van der Waals surface area (Å²) in [5, 5.41) is 16.5. The zero-order valence-corrected chi connectivity index (χ0v) is 8.97. The number of aliphatic hydroxyl groups excluding tert-OH is 2. The molecule has 0 aromatic rings. The van der Waals surface area contributed by atoms with E-state index in [0.717, 1.165) is 0 Å². The van der Waals surface area contributed by atoms with E-state index >= 15 is 0 Å². The maximum absolute atomic E-state index is 8.26. The zero-order chi connectivity index (χ0) is 7.66. The summed E-state index contributed by atoms with van der Waals surface area (Å²) in [5.41, 5.74) is 0. The third kappa shape index (κ3) is 24.5. The van der Waals surface area contributed by atoms with Gasteiger partial charge in [0.25, 0.3) is 0 Å². The van der Waals surface area contributed by atoms with Crippen LogP contribution < -0.4 is 0 Å². The fourth-order valence-electron chi connectivity index (χ4n) is 0.451. The van der Waals surface area contributed by atoms with E-state index in [1.54, 1.807) is 0 Å². The first-order valence-corrected chi connectivity index (χ1v) is 3.29. The number of hydrogen-bond donors (Lipinski definition) is 2. The van der Waals surface area contributed by atoms with Crippen LogP contribution in [0.25, 0.3) is 0 Å². The van der Waals surface area contributed by atoms with Crippen molar-refractivity contribution in [2.24, 2.45) is 0 Å². The molecule has 0 radical (unpaired) electrons. The average Bonchev–Trinajstić information content (AvgIpc) is 1.97. The van der Waals surface area contributed by atoms with Crippen molar-refractivity contribution < 1.29 is 30.6 Å². The van der Waals surface area contributed by atoms with E-state index < -0.39 is 0 Å². The van der Waals surface area contributed by atoms with E-state index in [1.807, 2.05) is 0 Å². The van der Waals surface area contributed by atoms with Gasteiger partial charge in [-0.3, -0.25) is 0 Å². The molecule has 0 bridgehead atoms. The van der Waals surface area contributed by atoms with Crippen LogP contribution in [0.4, 0.5) is 0 Å². The maximum atomic E-state index is 8.26. The first-order valence-electron chi connectivity index (χ1n) is 3.29. The normalized spacial score (nSPS) is 7.85. The minimum absolute atomic E-state index is 0. The molecule has 13 heavy (non-hydrogen) atoms. The van der Waals surface area contributed by atoms with Crippen LogP contribution in [-0.4, -0.2) is 83.9 Å². The number of hydrogen-bond acceptors (Lipinski definition) is 6. The second kappa shape index (κ2) is 22.9. The second-order valence-corrected chi connectivity index (χ2v) is 1.67. The molecule has 6 nitrogen and oxygen atoms in total. The quantitative estimate of drug-likeness (QED) is 0.379. The first kappa shape index (κ1) is 23.4. The van der Waals surface area contributed by atoms with Gasteiger partial charge in [-0.15, -0.1) is 0 Å². The summed E-state index contributed by atoms with van der Waals surface area (Å²) in [6.07, 6.45) is 0. The molecule has 0 amide bonds. The van der Waals surface area contributed by atoms with Crippen LogP contribution in [0.5, 0.6) is 0 Å². The molecule has 4 N–H and O–H groups in total. The first-order chi connectivity index (χ1) is 4.91. The third-order valence-electron chi connectivity index (χ3n) is 0.843. The van der Waals surface area contributed by atoms with Crippen molar-refractivity contribution in [3.8, 4) is 0 Å². The van der Waals surface area contributed by atoms with Crippen LogP contribution in [0.2, 0.25) is 0 Å². The van der Waals surface area contributed by atoms with E-state index in [4.69, 9.17) is 19.7 Å². The Balaban J connectivity index is -0.000000135. The van der Waals surface area contributed by atoms with Gasteiger partial charge in [-0.25, -0.2) is 0 Å². The molecule has 0 fully saturated rings. The number of aliphatic hydroxyl groups is 2. The van der Waals surface area contributed by atoms with Crippen LogP contribution in [0.15, 0.2) is 0 Å². The van der Waals surface area contributed by atoms with Crippen molar-refractivity contribution in [1.82, 2.24) is 0 Å². The second-order valence-electron chi connectivity index (χ2n) is 1.67. The maximum Gasteiger partial charge on any atom is 2.00 e. The van der Waals surface area contributed by atoms with Gasteiger partial charge in [0.05, 0.1) is 39.6 Å². The molecule has 0 aromatic carbocycles. The molecule has 0 aliphatic heterocycles. The smallest absolute Gasteiger partial charge is 0.870 e. The molecule has 0 aromatic heterocycles. The third-order valence-corrected chi connectivity index (χ3v) is 0.843. The summed E-state index contributed by atoms with van der Waals surface area (Å²) in [5.74, 6) is 0. The summed E-state index contributed by atoms with van der Waals surface area (Å²) in [4.78, 5) is 0. The van der Waals surface area contributed by atoms with E-state index in [2.05, 4.69) is 0 Å². The van der Waals surface area contributed by atoms with Gasteiger partial charge in [-0.2, -0.15) is 0 Å². The van der Waals surface area contributed by atoms with Crippen LogP contribution in [0, 0.1) is 0 Å². The molecule has 0 spiro atoms. The van der Waals surface area contributed by atoms with Crippen LogP contribution >= 0.6 is 0 Å². The molecule has 0 saturated carbocycles. The predicted molar refractivity (Wildman–Crippen MR) is 45.4 cm³/mol. The summed E-state index contributed by atoms with van der Waals surface area (Å²) in [7, 11) is 0. The molecule has 0 rings (SSSR count). The van der Waals surface area contributed by atoms with E-state index in [-0.39, 0.29) is 47.2 Å². The average molecular weight is 208 g/mol. The Labute approximate surface area is 93.6 Å². The molecule has 0 aliphatic carbocycles. The summed E-state index contributed by atoms with van der Waals surface area (Å²) in [6.45, 7) is 1.73. The summed E-state index contributed by atoms with van der Waals surface area (Å²) < 4.78 is 9.75. The molecular weight excluding hydrogens is 192 g/mol. The molecule has 7 heteroatoms. The Morgan fingerprint density at radius 2 is 1.00 bits per heavy atom. The van der Waals surface area contributed by atoms with Crippen LogP contribution in [-0.2, 0) is 9.47 Å². The fourth-order valence-corrected chi connectivity index (χ4v) is 0.451. The fraction of sp³-hybridized carbons (Fsp3) is 1.00. The topological polar surface area (TPSA) is 119 Å². The largest absolute Gasteiger partial charge is 2.00 e. The monoisotopic (exact) mass is 208 g/mol. The van der Waals surface area contributed by atoms with Gasteiger partial charge >= 0.3 is 23.1 Å². The zero-order valence-electron chi connectivity index (χ0n) is 7.56. The Morgan fingerprint density at radius 3 is 1.23 bits per heavy atom. The SMILES string of the molecule is OCCOCCOCCO.[Mg+2].[OH-].[OH-]. The van der Waals surface area contributed by atoms with Gasteiger partial charge in [0.2, 0.25) is 0 Å². The summed E-state index contributed by atoms with van der Waals surface area (Å²) >= 11 is 0. The Hall–Kier alpha value is 0.526. The number of rotatable bonds is 7.